The summed E-state index contributed by atoms with van der Waals surface area (Å²) in [5.74, 6) is 0. The van der Waals surface area contributed by atoms with Crippen LogP contribution in [0.1, 0.15) is 25.1 Å². The summed E-state index contributed by atoms with van der Waals surface area (Å²) >= 11 is 0. The van der Waals surface area contributed by atoms with E-state index in [1.54, 1.807) is 56.4 Å². The number of hydrogen-bond donors (Lipinski definition) is 0. The molecule has 4 aromatic heterocycles. The molecule has 0 fully saturated rings. The fraction of sp³-hybridized carbons (Fsp3) is 0.185. The first kappa shape index (κ1) is 34.0. The first-order valence-corrected chi connectivity index (χ1v) is 13.4. The van der Waals surface area contributed by atoms with Crippen LogP contribution in [0, 0.1) is 18.3 Å². The summed E-state index contributed by atoms with van der Waals surface area (Å²) < 4.78 is 17.1. The standard InChI is InChI=1S/C27H23N6O6P.2Na/c1-16-4-5-17(12-29-16)21-10-11-22-23(31-21)24-20(13-30-22)25(34)32(15-39-40(36,37)38)26(35)33(24)19-8-6-18(7-9-19)27(2,3)14-28;;/h4-13H,15H2,1-3H3,(H2,36,37,38);;/q;2*+1/p-2. The predicted octanol–water partition coefficient (Wildman–Crippen LogP) is -3.92. The molecule has 1 aromatic carbocycles. The molecule has 0 aliphatic carbocycles. The molecule has 0 aliphatic heterocycles. The van der Waals surface area contributed by atoms with E-state index in [1.165, 1.54) is 10.8 Å². The van der Waals surface area contributed by atoms with Crippen molar-refractivity contribution in [2.45, 2.75) is 32.9 Å². The Morgan fingerprint density at radius 2 is 1.69 bits per heavy atom. The fourth-order valence-electron chi connectivity index (χ4n) is 4.24. The topological polar surface area (TPSA) is 179 Å². The second kappa shape index (κ2) is 13.0. The zero-order valence-corrected chi connectivity index (χ0v) is 28.5. The number of benzene rings is 1. The van der Waals surface area contributed by atoms with Gasteiger partial charge < -0.3 is 18.9 Å². The van der Waals surface area contributed by atoms with E-state index in [0.29, 0.717) is 32.6 Å². The van der Waals surface area contributed by atoms with Crippen molar-refractivity contribution in [3.8, 4) is 23.0 Å². The van der Waals surface area contributed by atoms with E-state index in [9.17, 15) is 29.2 Å². The molecule has 0 saturated carbocycles. The summed E-state index contributed by atoms with van der Waals surface area (Å²) in [6, 6.07) is 15.9. The van der Waals surface area contributed by atoms with E-state index in [-0.39, 0.29) is 75.5 Å². The van der Waals surface area contributed by atoms with Gasteiger partial charge in [0.15, 0.2) is 0 Å². The molecule has 0 atom stereocenters. The number of rotatable bonds is 6. The van der Waals surface area contributed by atoms with E-state index in [2.05, 4.69) is 20.6 Å². The molecule has 0 bridgehead atoms. The first-order valence-electron chi connectivity index (χ1n) is 12.0. The number of phosphoric acid groups is 1. The third-order valence-electron chi connectivity index (χ3n) is 6.49. The van der Waals surface area contributed by atoms with Gasteiger partial charge in [0.1, 0.15) is 12.2 Å². The van der Waals surface area contributed by atoms with Crippen LogP contribution in [0.2, 0.25) is 0 Å². The Hall–Kier alpha value is -2.53. The van der Waals surface area contributed by atoms with Gasteiger partial charge in [0.25, 0.3) is 5.56 Å². The fourth-order valence-corrected chi connectivity index (χ4v) is 4.50. The van der Waals surface area contributed by atoms with Crippen LogP contribution in [-0.4, -0.2) is 24.1 Å². The number of pyridine rings is 3. The predicted molar refractivity (Wildman–Crippen MR) is 142 cm³/mol. The Labute approximate surface area is 283 Å². The van der Waals surface area contributed by atoms with Crippen molar-refractivity contribution in [2.75, 3.05) is 0 Å². The number of hydrogen-bond acceptors (Lipinski definition) is 10. The van der Waals surface area contributed by atoms with Gasteiger partial charge in [-0.2, -0.15) is 5.26 Å². The molecular weight excluding hydrogens is 581 g/mol. The van der Waals surface area contributed by atoms with Crippen molar-refractivity contribution in [3.63, 3.8) is 0 Å². The minimum Gasteiger partial charge on any atom is -0.790 e. The van der Waals surface area contributed by atoms with Gasteiger partial charge in [-0.3, -0.25) is 19.3 Å². The van der Waals surface area contributed by atoms with Crippen molar-refractivity contribution in [1.82, 2.24) is 24.1 Å². The second-order valence-electron chi connectivity index (χ2n) is 9.61. The van der Waals surface area contributed by atoms with Crippen LogP contribution in [-0.2, 0) is 21.2 Å². The summed E-state index contributed by atoms with van der Waals surface area (Å²) in [4.78, 5) is 62.8. The van der Waals surface area contributed by atoms with Crippen molar-refractivity contribution in [3.05, 3.63) is 93.0 Å². The Kier molecular flexibility index (Phi) is 10.5. The molecule has 12 nitrogen and oxygen atoms in total. The normalized spacial score (nSPS) is 11.5. The Bertz CT molecular complexity index is 2000. The summed E-state index contributed by atoms with van der Waals surface area (Å²) in [6.07, 6.45) is 2.90. The minimum atomic E-state index is -5.50. The van der Waals surface area contributed by atoms with E-state index in [0.717, 1.165) is 5.69 Å². The number of fused-ring (bicyclic) bond motifs is 3. The van der Waals surface area contributed by atoms with Gasteiger partial charge in [0.05, 0.1) is 47.1 Å². The van der Waals surface area contributed by atoms with Gasteiger partial charge in [0.2, 0.25) is 0 Å². The van der Waals surface area contributed by atoms with E-state index < -0.39 is 31.2 Å². The van der Waals surface area contributed by atoms with Gasteiger partial charge in [-0.1, -0.05) is 12.1 Å². The zero-order valence-electron chi connectivity index (χ0n) is 23.6. The van der Waals surface area contributed by atoms with Crippen LogP contribution in [0.25, 0.3) is 38.9 Å². The van der Waals surface area contributed by atoms with Crippen LogP contribution >= 0.6 is 7.82 Å². The molecule has 0 spiro atoms. The molecule has 0 radical (unpaired) electrons. The molecule has 0 saturated heterocycles. The summed E-state index contributed by atoms with van der Waals surface area (Å²) in [5, 5.41) is 9.45. The van der Waals surface area contributed by atoms with Crippen LogP contribution in [0.5, 0.6) is 0 Å². The average molecular weight is 602 g/mol. The number of aromatic nitrogens is 5. The maximum Gasteiger partial charge on any atom is 1.00 e. The minimum absolute atomic E-state index is 0. The van der Waals surface area contributed by atoms with Gasteiger partial charge in [-0.05, 0) is 62.7 Å². The Morgan fingerprint density at radius 3 is 2.29 bits per heavy atom. The molecule has 5 aromatic rings. The molecule has 0 unspecified atom stereocenters. The van der Waals surface area contributed by atoms with Crippen LogP contribution in [0.15, 0.2) is 70.5 Å². The van der Waals surface area contributed by atoms with Gasteiger partial charge in [-0.15, -0.1) is 0 Å². The molecule has 5 rings (SSSR count). The second-order valence-corrected chi connectivity index (χ2v) is 10.8. The summed E-state index contributed by atoms with van der Waals surface area (Å²) in [7, 11) is -5.50. The summed E-state index contributed by atoms with van der Waals surface area (Å²) in [6.45, 7) is 4.23. The number of phosphoric ester groups is 1. The maximum atomic E-state index is 13.7. The number of nitriles is 1. The van der Waals surface area contributed by atoms with Crippen molar-refractivity contribution in [1.29, 1.82) is 5.26 Å². The molecule has 15 heteroatoms. The van der Waals surface area contributed by atoms with Gasteiger partial charge in [0, 0.05) is 23.7 Å². The van der Waals surface area contributed by atoms with Crippen LogP contribution < -0.4 is 80.2 Å². The third kappa shape index (κ3) is 6.67. The van der Waals surface area contributed by atoms with Crippen LogP contribution in [0.4, 0.5) is 0 Å². The van der Waals surface area contributed by atoms with E-state index in [4.69, 9.17) is 4.98 Å². The average Bonchev–Trinajstić information content (AvgIpc) is 2.92. The molecule has 0 aliphatic rings. The Morgan fingerprint density at radius 1 is 1.00 bits per heavy atom. The molecule has 202 valence electrons. The monoisotopic (exact) mass is 602 g/mol. The van der Waals surface area contributed by atoms with E-state index >= 15 is 0 Å². The zero-order chi connectivity index (χ0) is 28.8. The van der Waals surface area contributed by atoms with Gasteiger partial charge >= 0.3 is 64.8 Å². The molecular formula is C27H21N6Na2O6P. The van der Waals surface area contributed by atoms with Crippen molar-refractivity contribution < 1.29 is 78.0 Å². The summed E-state index contributed by atoms with van der Waals surface area (Å²) in [5.41, 5.74) is 1.08. The first-order chi connectivity index (χ1) is 18.9. The maximum absolute atomic E-state index is 13.7. The molecule has 0 amide bonds. The van der Waals surface area contributed by atoms with E-state index in [1.807, 2.05) is 19.1 Å². The SMILES string of the molecule is Cc1ccc(-c2ccc3ncc4c(=O)n(COP(=O)([O-])[O-])c(=O)n(-c5ccc(C(C)(C)C#N)cc5)c4c3n2)cn1.[Na+].[Na+]. The largest absolute Gasteiger partial charge is 1.00 e. The quantitative estimate of drug-likeness (QED) is 0.106. The molecule has 4 heterocycles. The molecule has 42 heavy (non-hydrogen) atoms. The third-order valence-corrected chi connectivity index (χ3v) is 6.92. The number of nitrogens with zero attached hydrogens (tertiary/aromatic N) is 6. The smallest absolute Gasteiger partial charge is 0.790 e. The van der Waals surface area contributed by atoms with Gasteiger partial charge in [-0.25, -0.2) is 14.3 Å². The van der Waals surface area contributed by atoms with Crippen molar-refractivity contribution >= 4 is 29.8 Å². The van der Waals surface area contributed by atoms with Crippen molar-refractivity contribution in [2.24, 2.45) is 0 Å². The number of aryl methyl sites for hydroxylation is 1. The van der Waals surface area contributed by atoms with Crippen LogP contribution in [0.3, 0.4) is 0 Å². The molecule has 0 N–H and O–H groups in total. The Balaban J connectivity index is 0.00000242.